The molecule has 6 amide bonds. The van der Waals surface area contributed by atoms with Crippen LogP contribution in [0.1, 0.15) is 78.8 Å². The first kappa shape index (κ1) is 54.3. The molecular weight excluding hydrogens is 1020 g/mol. The summed E-state index contributed by atoms with van der Waals surface area (Å²) in [5.41, 5.74) is -0.107. The van der Waals surface area contributed by atoms with E-state index in [1.54, 1.807) is 72.8 Å². The van der Waals surface area contributed by atoms with Crippen LogP contribution in [0.15, 0.2) is 146 Å². The number of anilines is 6. The van der Waals surface area contributed by atoms with Crippen LogP contribution in [0.3, 0.4) is 0 Å². The molecule has 0 saturated heterocycles. The number of carboxylic acids is 6. The summed E-state index contributed by atoms with van der Waals surface area (Å²) >= 11 is 0. The van der Waals surface area contributed by atoms with Gasteiger partial charge in [-0.1, -0.05) is 18.2 Å². The lowest BCUT2D eigenvalue weighted by Crippen LogP contribution is -2.20. The standard InChI is InChI=1S/C54H42N6O18/c61-46(62)40-13-10-34(22-43(40)49(67)68)58-52(73)55-31-4-1-7-37(19-31)76-25-28-16-29(26-77-38-8-2-5-32(20-38)56-53(74)59-35-11-14-41(47(63)64)44(23-35)50(69)70)18-30(17-28)27-78-39-9-3-6-33(21-39)57-54(75)60-36-12-15-42(48(65)66)45(24-36)51(71)72/h1-24H,25-27H2,(H,61,62)(H,63,64)(H,65,66)(H,67,68)(H,69,70)(H,71,72)(H2,55,58,73)(H2,56,59,74)(H2,57,60,75). The van der Waals surface area contributed by atoms with Crippen LogP contribution in [0.5, 0.6) is 17.2 Å². The third-order valence-electron chi connectivity index (χ3n) is 10.8. The van der Waals surface area contributed by atoms with Crippen molar-refractivity contribution < 1.29 is 88.0 Å². The minimum atomic E-state index is -1.50. The second kappa shape index (κ2) is 24.5. The summed E-state index contributed by atoms with van der Waals surface area (Å²) in [6, 6.07) is 32.1. The van der Waals surface area contributed by atoms with Crippen molar-refractivity contribution in [2.75, 3.05) is 31.9 Å². The van der Waals surface area contributed by atoms with Gasteiger partial charge >= 0.3 is 53.9 Å². The Bertz CT molecular complexity index is 3170. The Morgan fingerprint density at radius 3 is 0.744 bits per heavy atom. The number of carbonyl (C=O) groups excluding carboxylic acids is 3. The van der Waals surface area contributed by atoms with Crippen LogP contribution in [0, 0.1) is 0 Å². The number of hydrogen-bond donors (Lipinski definition) is 12. The van der Waals surface area contributed by atoms with Gasteiger partial charge in [0.05, 0.1) is 33.4 Å². The second-order valence-electron chi connectivity index (χ2n) is 16.5. The minimum absolute atomic E-state index is 0.0204. The normalized spacial score (nSPS) is 10.5. The van der Waals surface area contributed by atoms with Crippen LogP contribution in [0.4, 0.5) is 48.5 Å². The van der Waals surface area contributed by atoms with Gasteiger partial charge in [-0.2, -0.15) is 0 Å². The van der Waals surface area contributed by atoms with Gasteiger partial charge in [0, 0.05) is 52.3 Å². The van der Waals surface area contributed by atoms with E-state index in [9.17, 15) is 73.8 Å². The first-order valence-electron chi connectivity index (χ1n) is 22.6. The Morgan fingerprint density at radius 1 is 0.282 bits per heavy atom. The molecule has 0 saturated carbocycles. The maximum atomic E-state index is 12.9. The second-order valence-corrected chi connectivity index (χ2v) is 16.5. The number of amides is 6. The molecule has 24 nitrogen and oxygen atoms in total. The lowest BCUT2D eigenvalue weighted by molar-refractivity contribution is 0.0651. The summed E-state index contributed by atoms with van der Waals surface area (Å²) in [6.07, 6.45) is 0. The molecule has 24 heteroatoms. The van der Waals surface area contributed by atoms with Gasteiger partial charge in [0.1, 0.15) is 37.1 Å². The zero-order chi connectivity index (χ0) is 56.0. The van der Waals surface area contributed by atoms with Crippen molar-refractivity contribution >= 4 is 88.0 Å². The van der Waals surface area contributed by atoms with Crippen LogP contribution < -0.4 is 46.1 Å². The van der Waals surface area contributed by atoms with Crippen molar-refractivity contribution in [3.05, 3.63) is 196 Å². The molecule has 0 fully saturated rings. The number of carbonyl (C=O) groups is 9. The molecule has 0 unspecified atom stereocenters. The first-order chi connectivity index (χ1) is 37.3. The predicted molar refractivity (Wildman–Crippen MR) is 278 cm³/mol. The molecule has 0 aliphatic rings. The summed E-state index contributed by atoms with van der Waals surface area (Å²) in [5, 5.41) is 71.6. The molecule has 0 heterocycles. The van der Waals surface area contributed by atoms with Gasteiger partial charge < -0.3 is 76.8 Å². The van der Waals surface area contributed by atoms with Gasteiger partial charge in [0.15, 0.2) is 0 Å². The van der Waals surface area contributed by atoms with E-state index in [0.717, 1.165) is 36.4 Å². The summed E-state index contributed by atoms with van der Waals surface area (Å²) in [4.78, 5) is 108. The Labute approximate surface area is 439 Å². The molecule has 7 rings (SSSR count). The van der Waals surface area contributed by atoms with Crippen LogP contribution in [-0.2, 0) is 19.8 Å². The van der Waals surface area contributed by atoms with Crippen LogP contribution >= 0.6 is 0 Å². The number of nitrogens with one attached hydrogen (secondary N) is 6. The molecule has 0 aromatic heterocycles. The molecule has 0 aliphatic carbocycles. The zero-order valence-electron chi connectivity index (χ0n) is 40.1. The minimum Gasteiger partial charge on any atom is -0.489 e. The Balaban J connectivity index is 1.04. The van der Waals surface area contributed by atoms with Crippen LogP contribution in [-0.4, -0.2) is 84.5 Å². The van der Waals surface area contributed by atoms with Gasteiger partial charge in [-0.3, -0.25) is 0 Å². The molecule has 12 N–H and O–H groups in total. The third-order valence-corrected chi connectivity index (χ3v) is 10.8. The Hall–Kier alpha value is -11.4. The number of rotatable bonds is 21. The van der Waals surface area contributed by atoms with Gasteiger partial charge in [-0.15, -0.1) is 0 Å². The van der Waals surface area contributed by atoms with Crippen molar-refractivity contribution in [1.82, 2.24) is 0 Å². The maximum absolute atomic E-state index is 12.9. The van der Waals surface area contributed by atoms with E-state index in [1.165, 1.54) is 36.4 Å². The third kappa shape index (κ3) is 14.8. The van der Waals surface area contributed by atoms with Gasteiger partial charge in [-0.25, -0.2) is 43.2 Å². The lowest BCUT2D eigenvalue weighted by Gasteiger charge is -2.15. The number of hydrogen-bond acceptors (Lipinski definition) is 12. The molecule has 0 spiro atoms. The summed E-state index contributed by atoms with van der Waals surface area (Å²) < 4.78 is 18.4. The maximum Gasteiger partial charge on any atom is 0.336 e. The van der Waals surface area contributed by atoms with Gasteiger partial charge in [-0.05, 0) is 126 Å². The fraction of sp³-hybridized carbons (Fsp3) is 0.0556. The summed E-state index contributed by atoms with van der Waals surface area (Å²) in [5.74, 6) is -7.86. The quantitative estimate of drug-likeness (QED) is 0.0318. The fourth-order valence-corrected chi connectivity index (χ4v) is 7.42. The highest BCUT2D eigenvalue weighted by Crippen LogP contribution is 2.26. The molecule has 78 heavy (non-hydrogen) atoms. The Morgan fingerprint density at radius 2 is 0.513 bits per heavy atom. The summed E-state index contributed by atoms with van der Waals surface area (Å²) in [6.45, 7) is -0.0613. The van der Waals surface area contributed by atoms with Crippen LogP contribution in [0.2, 0.25) is 0 Å². The number of aromatic carboxylic acids is 6. The number of urea groups is 3. The van der Waals surface area contributed by atoms with E-state index in [2.05, 4.69) is 31.9 Å². The molecule has 0 atom stereocenters. The topological polar surface area (TPSA) is 375 Å². The smallest absolute Gasteiger partial charge is 0.336 e. The monoisotopic (exact) mass is 1060 g/mol. The molecule has 396 valence electrons. The first-order valence-corrected chi connectivity index (χ1v) is 22.6. The van der Waals surface area contributed by atoms with Crippen molar-refractivity contribution in [2.24, 2.45) is 0 Å². The molecule has 0 aliphatic heterocycles. The predicted octanol–water partition coefficient (Wildman–Crippen LogP) is 9.54. The van der Waals surface area contributed by atoms with Crippen molar-refractivity contribution in [2.45, 2.75) is 19.8 Å². The molecular formula is C54H42N6O18. The molecule has 7 aromatic rings. The van der Waals surface area contributed by atoms with Crippen LogP contribution in [0.25, 0.3) is 0 Å². The highest BCUT2D eigenvalue weighted by atomic mass is 16.5. The van der Waals surface area contributed by atoms with Crippen molar-refractivity contribution in [1.29, 1.82) is 0 Å². The SMILES string of the molecule is O=C(Nc1cccc(OCc2cc(COc3cccc(NC(=O)Nc4ccc(C(=O)O)c(C(=O)O)c4)c3)cc(COc3cccc(NC(=O)Nc4ccc(C(=O)O)c(C(=O)O)c4)c3)c2)c1)Nc1ccc(C(=O)O)c(C(=O)O)c1. The van der Waals surface area contributed by atoms with E-state index < -0.39 is 87.3 Å². The number of benzene rings is 7. The number of carboxylic acid groups (broad SMARTS) is 6. The highest BCUT2D eigenvalue weighted by Gasteiger charge is 2.20. The fourth-order valence-electron chi connectivity index (χ4n) is 7.42. The van der Waals surface area contributed by atoms with E-state index in [-0.39, 0.29) is 53.9 Å². The average Bonchev–Trinajstić information content (AvgIpc) is 3.42. The van der Waals surface area contributed by atoms with Crippen molar-refractivity contribution in [3.8, 4) is 17.2 Å². The van der Waals surface area contributed by atoms with Gasteiger partial charge in [0.25, 0.3) is 0 Å². The highest BCUT2D eigenvalue weighted by molar-refractivity contribution is 6.07. The van der Waals surface area contributed by atoms with E-state index in [4.69, 9.17) is 14.2 Å². The summed E-state index contributed by atoms with van der Waals surface area (Å²) in [7, 11) is 0. The van der Waals surface area contributed by atoms with E-state index in [0.29, 0.717) is 33.9 Å². The number of ether oxygens (including phenoxy) is 3. The molecule has 0 bridgehead atoms. The van der Waals surface area contributed by atoms with Crippen molar-refractivity contribution in [3.63, 3.8) is 0 Å². The van der Waals surface area contributed by atoms with E-state index >= 15 is 0 Å². The molecule has 7 aromatic carbocycles. The van der Waals surface area contributed by atoms with E-state index in [1.807, 2.05) is 0 Å². The zero-order valence-corrected chi connectivity index (χ0v) is 40.1. The van der Waals surface area contributed by atoms with Gasteiger partial charge in [0.2, 0.25) is 0 Å². The lowest BCUT2D eigenvalue weighted by atomic mass is 10.1. The Kier molecular flexibility index (Phi) is 17.1. The molecule has 0 radical (unpaired) electrons. The largest absolute Gasteiger partial charge is 0.489 e. The average molecular weight is 1060 g/mol.